The van der Waals surface area contributed by atoms with Crippen LogP contribution in [0.1, 0.15) is 12.8 Å². The number of aromatic nitrogens is 2. The summed E-state index contributed by atoms with van der Waals surface area (Å²) in [7, 11) is 3.89. The first-order valence-corrected chi connectivity index (χ1v) is 6.71. The molecule has 0 radical (unpaired) electrons. The number of hydrogen-bond donors (Lipinski definition) is 1. The molecule has 1 fully saturated rings. The molecular weight excluding hydrogens is 252 g/mol. The van der Waals surface area contributed by atoms with E-state index < -0.39 is 0 Å². The van der Waals surface area contributed by atoms with Crippen molar-refractivity contribution in [1.82, 2.24) is 14.9 Å². The first-order valence-electron chi connectivity index (χ1n) is 6.71. The van der Waals surface area contributed by atoms with Crippen molar-refractivity contribution in [3.8, 4) is 0 Å². The van der Waals surface area contributed by atoms with E-state index in [4.69, 9.17) is 0 Å². The Morgan fingerprint density at radius 2 is 2.20 bits per heavy atom. The van der Waals surface area contributed by atoms with Gasteiger partial charge in [0.2, 0.25) is 11.9 Å². The summed E-state index contributed by atoms with van der Waals surface area (Å²) in [5, 5.41) is 2.82. The van der Waals surface area contributed by atoms with Crippen LogP contribution in [0.2, 0.25) is 0 Å². The highest BCUT2D eigenvalue weighted by Gasteiger charge is 2.29. The third-order valence-electron chi connectivity index (χ3n) is 3.87. The topological polar surface area (TPSA) is 50.2 Å². The fourth-order valence-electron chi connectivity index (χ4n) is 2.72. The zero-order chi connectivity index (χ0) is 14.3. The van der Waals surface area contributed by atoms with Crippen LogP contribution in [0, 0.1) is 0 Å². The summed E-state index contributed by atoms with van der Waals surface area (Å²) < 4.78 is 2.02. The number of hydrogen-bond acceptors (Lipinski definition) is 3. The number of imidazole rings is 1. The number of amides is 1. The van der Waals surface area contributed by atoms with Crippen molar-refractivity contribution >= 4 is 22.9 Å². The Morgan fingerprint density at radius 1 is 1.45 bits per heavy atom. The lowest BCUT2D eigenvalue weighted by Crippen LogP contribution is -2.48. The summed E-state index contributed by atoms with van der Waals surface area (Å²) in [5.74, 6) is 0.801. The number of likely N-dealkylation sites (N-methyl/N-ethyl adjacent to an activating group) is 1. The Bertz CT molecular complexity index is 688. The lowest BCUT2D eigenvalue weighted by atomic mass is 10.0. The van der Waals surface area contributed by atoms with E-state index in [2.05, 4.69) is 16.9 Å². The number of nitrogens with one attached hydrogen (secondary N) is 1. The van der Waals surface area contributed by atoms with Gasteiger partial charge in [-0.2, -0.15) is 0 Å². The summed E-state index contributed by atoms with van der Waals surface area (Å²) in [6.07, 6.45) is 1.58. The van der Waals surface area contributed by atoms with E-state index in [1.165, 1.54) is 0 Å². The van der Waals surface area contributed by atoms with Crippen LogP contribution in [0.3, 0.4) is 0 Å². The molecule has 1 N–H and O–H groups in total. The predicted molar refractivity (Wildman–Crippen MR) is 79.4 cm³/mol. The van der Waals surface area contributed by atoms with E-state index in [0.717, 1.165) is 35.5 Å². The number of nitrogens with zero attached hydrogens (tertiary/aromatic N) is 3. The van der Waals surface area contributed by atoms with E-state index in [-0.39, 0.29) is 11.9 Å². The van der Waals surface area contributed by atoms with Crippen LogP contribution in [0.15, 0.2) is 36.5 Å². The van der Waals surface area contributed by atoms with Gasteiger partial charge in [0.15, 0.2) is 0 Å². The number of para-hydroxylation sites is 2. The molecule has 1 saturated heterocycles. The largest absolute Gasteiger partial charge is 0.333 e. The number of piperidine rings is 1. The van der Waals surface area contributed by atoms with Gasteiger partial charge in [0.1, 0.15) is 6.04 Å². The van der Waals surface area contributed by atoms with E-state index in [1.807, 2.05) is 47.8 Å². The van der Waals surface area contributed by atoms with E-state index in [0.29, 0.717) is 0 Å². The second-order valence-corrected chi connectivity index (χ2v) is 5.22. The first kappa shape index (κ1) is 12.7. The van der Waals surface area contributed by atoms with Crippen LogP contribution in [0.25, 0.3) is 11.0 Å². The molecule has 1 unspecified atom stereocenters. The van der Waals surface area contributed by atoms with Gasteiger partial charge in [-0.25, -0.2) is 4.98 Å². The zero-order valence-corrected chi connectivity index (χ0v) is 11.8. The highest BCUT2D eigenvalue weighted by molar-refractivity contribution is 5.88. The van der Waals surface area contributed by atoms with Gasteiger partial charge >= 0.3 is 0 Å². The van der Waals surface area contributed by atoms with Crippen molar-refractivity contribution in [2.75, 3.05) is 11.9 Å². The average molecular weight is 270 g/mol. The number of fused-ring (bicyclic) bond motifs is 1. The SMILES string of the molecule is C=C1CCC(N(C)c2nc3ccccc3n2C)C(=O)N1. The van der Waals surface area contributed by atoms with Crippen LogP contribution in [0.5, 0.6) is 0 Å². The second-order valence-electron chi connectivity index (χ2n) is 5.22. The van der Waals surface area contributed by atoms with Crippen LogP contribution in [-0.2, 0) is 11.8 Å². The normalized spacial score (nSPS) is 19.2. The van der Waals surface area contributed by atoms with E-state index >= 15 is 0 Å². The first-order chi connectivity index (χ1) is 9.58. The molecule has 20 heavy (non-hydrogen) atoms. The summed E-state index contributed by atoms with van der Waals surface area (Å²) in [5.41, 5.74) is 2.80. The summed E-state index contributed by atoms with van der Waals surface area (Å²) in [6.45, 7) is 3.81. The van der Waals surface area contributed by atoms with Crippen molar-refractivity contribution in [3.63, 3.8) is 0 Å². The fraction of sp³-hybridized carbons (Fsp3) is 0.333. The molecule has 0 bridgehead atoms. The number of anilines is 1. The molecule has 2 aromatic rings. The summed E-state index contributed by atoms with van der Waals surface area (Å²) in [4.78, 5) is 18.7. The quantitative estimate of drug-likeness (QED) is 0.905. The molecule has 0 saturated carbocycles. The van der Waals surface area contributed by atoms with Crippen molar-refractivity contribution in [1.29, 1.82) is 0 Å². The molecule has 1 aromatic heterocycles. The Morgan fingerprint density at radius 3 is 2.90 bits per heavy atom. The molecule has 3 rings (SSSR count). The number of carbonyl (C=O) groups excluding carboxylic acids is 1. The fourth-order valence-corrected chi connectivity index (χ4v) is 2.72. The average Bonchev–Trinajstić information content (AvgIpc) is 2.76. The molecule has 1 aliphatic heterocycles. The van der Waals surface area contributed by atoms with Gasteiger partial charge in [-0.1, -0.05) is 18.7 Å². The molecule has 5 nitrogen and oxygen atoms in total. The van der Waals surface area contributed by atoms with Gasteiger partial charge in [-0.05, 0) is 25.0 Å². The molecule has 0 spiro atoms. The zero-order valence-electron chi connectivity index (χ0n) is 11.8. The van der Waals surface area contributed by atoms with Crippen LogP contribution in [-0.4, -0.2) is 28.5 Å². The molecule has 5 heteroatoms. The minimum absolute atomic E-state index is 0.00388. The minimum Gasteiger partial charge on any atom is -0.333 e. The number of aryl methyl sites for hydroxylation is 1. The Kier molecular flexibility index (Phi) is 2.97. The van der Waals surface area contributed by atoms with Gasteiger partial charge in [0.25, 0.3) is 0 Å². The monoisotopic (exact) mass is 270 g/mol. The Hall–Kier alpha value is -2.30. The highest BCUT2D eigenvalue weighted by Crippen LogP contribution is 2.24. The maximum atomic E-state index is 12.1. The molecular formula is C15H18N4O. The highest BCUT2D eigenvalue weighted by atomic mass is 16.2. The van der Waals surface area contributed by atoms with Crippen molar-refractivity contribution in [2.24, 2.45) is 7.05 Å². The maximum Gasteiger partial charge on any atom is 0.246 e. The maximum absolute atomic E-state index is 12.1. The number of carbonyl (C=O) groups is 1. The predicted octanol–water partition coefficient (Wildman–Crippen LogP) is 1.80. The minimum atomic E-state index is -0.198. The second kappa shape index (κ2) is 4.67. The van der Waals surface area contributed by atoms with Crippen molar-refractivity contribution in [2.45, 2.75) is 18.9 Å². The number of allylic oxidation sites excluding steroid dienone is 1. The Balaban J connectivity index is 1.96. The van der Waals surface area contributed by atoms with Gasteiger partial charge in [0.05, 0.1) is 11.0 Å². The molecule has 0 aliphatic carbocycles. The van der Waals surface area contributed by atoms with Gasteiger partial charge < -0.3 is 14.8 Å². The third kappa shape index (κ3) is 1.95. The number of rotatable bonds is 2. The van der Waals surface area contributed by atoms with E-state index in [9.17, 15) is 4.79 Å². The van der Waals surface area contributed by atoms with Crippen molar-refractivity contribution in [3.05, 3.63) is 36.5 Å². The molecule has 1 atom stereocenters. The lowest BCUT2D eigenvalue weighted by Gasteiger charge is -2.31. The van der Waals surface area contributed by atoms with E-state index in [1.54, 1.807) is 0 Å². The molecule has 104 valence electrons. The standard InChI is InChI=1S/C15H18N4O/c1-10-8-9-13(14(20)16-10)19(3)15-17-11-6-4-5-7-12(11)18(15)2/h4-7,13H,1,8-9H2,2-3H3,(H,16,20). The third-order valence-corrected chi connectivity index (χ3v) is 3.87. The lowest BCUT2D eigenvalue weighted by molar-refractivity contribution is -0.122. The molecule has 1 aliphatic rings. The van der Waals surface area contributed by atoms with Crippen LogP contribution >= 0.6 is 0 Å². The molecule has 2 heterocycles. The van der Waals surface area contributed by atoms with Gasteiger partial charge in [0, 0.05) is 19.8 Å². The van der Waals surface area contributed by atoms with Crippen molar-refractivity contribution < 1.29 is 4.79 Å². The molecule has 1 amide bonds. The van der Waals surface area contributed by atoms with Gasteiger partial charge in [-0.15, -0.1) is 0 Å². The van der Waals surface area contributed by atoms with Crippen LogP contribution < -0.4 is 10.2 Å². The summed E-state index contributed by atoms with van der Waals surface area (Å²) >= 11 is 0. The summed E-state index contributed by atoms with van der Waals surface area (Å²) in [6, 6.07) is 7.77. The van der Waals surface area contributed by atoms with Crippen LogP contribution in [0.4, 0.5) is 5.95 Å². The smallest absolute Gasteiger partial charge is 0.246 e. The molecule has 1 aromatic carbocycles. The number of benzene rings is 1. The Labute approximate surface area is 117 Å². The van der Waals surface area contributed by atoms with Gasteiger partial charge in [-0.3, -0.25) is 4.79 Å².